The molecule has 1 heteroatoms. The Morgan fingerprint density at radius 1 is 0.475 bits per heavy atom. The molecular weight excluding hydrogens is 711 g/mol. The maximum absolute atomic E-state index is 2.62. The van der Waals surface area contributed by atoms with E-state index in [1.165, 1.54) is 142 Å². The molecule has 0 amide bonds. The third kappa shape index (κ3) is 6.28. The number of benzene rings is 7. The lowest BCUT2D eigenvalue weighted by molar-refractivity contribution is 0.420. The summed E-state index contributed by atoms with van der Waals surface area (Å²) in [4.78, 5) is 2.62. The van der Waals surface area contributed by atoms with Gasteiger partial charge in [-0.1, -0.05) is 173 Å². The molecule has 4 aliphatic rings. The fourth-order valence-corrected chi connectivity index (χ4v) is 12.1. The van der Waals surface area contributed by atoms with Crippen LogP contribution in [0.2, 0.25) is 0 Å². The average molecular weight is 766 g/mol. The lowest BCUT2D eigenvalue weighted by Gasteiger charge is -2.33. The van der Waals surface area contributed by atoms with E-state index in [0.717, 1.165) is 11.8 Å². The summed E-state index contributed by atoms with van der Waals surface area (Å²) < 4.78 is 0. The Labute approximate surface area is 351 Å². The molecule has 292 valence electrons. The molecule has 3 unspecified atom stereocenters. The summed E-state index contributed by atoms with van der Waals surface area (Å²) in [5, 5.41) is 0. The highest BCUT2D eigenvalue weighted by molar-refractivity contribution is 5.99. The van der Waals surface area contributed by atoms with Crippen molar-refractivity contribution in [3.8, 4) is 44.5 Å². The van der Waals surface area contributed by atoms with Crippen molar-refractivity contribution in [3.05, 3.63) is 186 Å². The van der Waals surface area contributed by atoms with E-state index in [2.05, 4.69) is 183 Å². The highest BCUT2D eigenvalue weighted by atomic mass is 15.1. The van der Waals surface area contributed by atoms with Crippen LogP contribution in [0.3, 0.4) is 0 Å². The normalized spacial score (nSPS) is 20.3. The zero-order valence-corrected chi connectivity index (χ0v) is 34.7. The van der Waals surface area contributed by atoms with Gasteiger partial charge < -0.3 is 4.90 Å². The summed E-state index contributed by atoms with van der Waals surface area (Å²) in [6.07, 6.45) is 12.2. The molecule has 1 nitrogen and oxygen atoms in total. The quantitative estimate of drug-likeness (QED) is 0.149. The first-order chi connectivity index (χ1) is 29.0. The van der Waals surface area contributed by atoms with Crippen LogP contribution in [0.15, 0.2) is 164 Å². The molecule has 0 aliphatic heterocycles. The van der Waals surface area contributed by atoms with Crippen LogP contribution >= 0.6 is 0 Å². The number of hydrogen-bond donors (Lipinski definition) is 0. The largest absolute Gasteiger partial charge is 0.309 e. The second-order valence-electron chi connectivity index (χ2n) is 18.6. The number of para-hydroxylation sites is 1. The fraction of sp³-hybridized carbons (Fsp3) is 0.276. The highest BCUT2D eigenvalue weighted by Gasteiger charge is 2.41. The summed E-state index contributed by atoms with van der Waals surface area (Å²) >= 11 is 0. The molecule has 2 bridgehead atoms. The minimum atomic E-state index is -0.217. The van der Waals surface area contributed by atoms with E-state index in [1.807, 2.05) is 0 Å². The van der Waals surface area contributed by atoms with Crippen LogP contribution in [-0.4, -0.2) is 0 Å². The second kappa shape index (κ2) is 14.9. The van der Waals surface area contributed by atoms with E-state index in [-0.39, 0.29) is 5.41 Å². The smallest absolute Gasteiger partial charge is 0.0543 e. The minimum Gasteiger partial charge on any atom is -0.309 e. The lowest BCUT2D eigenvalue weighted by atomic mass is 9.78. The Bertz CT molecular complexity index is 2630. The number of rotatable bonds is 8. The van der Waals surface area contributed by atoms with Crippen molar-refractivity contribution in [2.45, 2.75) is 88.9 Å². The van der Waals surface area contributed by atoms with Crippen molar-refractivity contribution in [2.75, 3.05) is 4.90 Å². The van der Waals surface area contributed by atoms with Gasteiger partial charge in [0.15, 0.2) is 0 Å². The molecule has 3 atom stereocenters. The van der Waals surface area contributed by atoms with Gasteiger partial charge in [-0.25, -0.2) is 0 Å². The van der Waals surface area contributed by atoms with E-state index in [4.69, 9.17) is 0 Å². The van der Waals surface area contributed by atoms with Gasteiger partial charge in [0.1, 0.15) is 0 Å². The summed E-state index contributed by atoms with van der Waals surface area (Å²) in [6, 6.07) is 62.6. The summed E-state index contributed by atoms with van der Waals surface area (Å²) in [7, 11) is 0. The number of anilines is 3. The standard InChI is InChI=1S/C58H55N/c1-58(2)54-38-56(52(42-21-10-5-11-22-42)37-53(54)50-27-16-26-47(57(50)58)41-19-8-4-9-20-41)59(45-33-31-43(32-34-45)51-36-39-29-30-44(51)35-39)55-28-15-14-25-49(55)48-24-13-12-23-46(48)40-17-6-3-7-18-40/h4-5,8-16,19-28,31-34,37-40,44,51H,3,6-7,17-18,29-30,35-36H2,1-2H3. The van der Waals surface area contributed by atoms with Crippen molar-refractivity contribution in [2.24, 2.45) is 11.8 Å². The van der Waals surface area contributed by atoms with Crippen LogP contribution in [0.1, 0.15) is 106 Å². The van der Waals surface area contributed by atoms with E-state index in [1.54, 1.807) is 0 Å². The van der Waals surface area contributed by atoms with Crippen LogP contribution in [0.5, 0.6) is 0 Å². The van der Waals surface area contributed by atoms with Crippen LogP contribution in [-0.2, 0) is 5.41 Å². The minimum absolute atomic E-state index is 0.217. The average Bonchev–Trinajstić information content (AvgIpc) is 4.00. The molecule has 0 aromatic heterocycles. The predicted molar refractivity (Wildman–Crippen MR) is 249 cm³/mol. The van der Waals surface area contributed by atoms with Gasteiger partial charge in [-0.2, -0.15) is 0 Å². The van der Waals surface area contributed by atoms with Crippen LogP contribution in [0.25, 0.3) is 44.5 Å². The highest BCUT2D eigenvalue weighted by Crippen LogP contribution is 2.57. The number of hydrogen-bond acceptors (Lipinski definition) is 1. The van der Waals surface area contributed by atoms with Gasteiger partial charge in [0, 0.05) is 22.2 Å². The Kier molecular flexibility index (Phi) is 9.18. The van der Waals surface area contributed by atoms with Gasteiger partial charge >= 0.3 is 0 Å². The van der Waals surface area contributed by atoms with E-state index in [0.29, 0.717) is 11.8 Å². The van der Waals surface area contributed by atoms with Crippen molar-refractivity contribution < 1.29 is 0 Å². The molecule has 11 rings (SSSR count). The van der Waals surface area contributed by atoms with Crippen LogP contribution < -0.4 is 4.90 Å². The zero-order chi connectivity index (χ0) is 39.5. The number of nitrogens with zero attached hydrogens (tertiary/aromatic N) is 1. The van der Waals surface area contributed by atoms with Crippen molar-refractivity contribution in [1.29, 1.82) is 0 Å². The fourth-order valence-electron chi connectivity index (χ4n) is 12.1. The molecule has 0 saturated heterocycles. The molecule has 59 heavy (non-hydrogen) atoms. The first-order valence-electron chi connectivity index (χ1n) is 22.5. The molecule has 7 aromatic rings. The molecule has 0 N–H and O–H groups in total. The Morgan fingerprint density at radius 3 is 1.83 bits per heavy atom. The number of fused-ring (bicyclic) bond motifs is 5. The molecular formula is C58H55N. The second-order valence-corrected chi connectivity index (χ2v) is 18.6. The first kappa shape index (κ1) is 36.4. The van der Waals surface area contributed by atoms with Crippen molar-refractivity contribution in [1.82, 2.24) is 0 Å². The van der Waals surface area contributed by atoms with Gasteiger partial charge in [0.25, 0.3) is 0 Å². The predicted octanol–water partition coefficient (Wildman–Crippen LogP) is 16.4. The van der Waals surface area contributed by atoms with Gasteiger partial charge in [-0.15, -0.1) is 0 Å². The third-order valence-electron chi connectivity index (χ3n) is 15.0. The van der Waals surface area contributed by atoms with Crippen LogP contribution in [0.4, 0.5) is 17.1 Å². The molecule has 3 fully saturated rings. The topological polar surface area (TPSA) is 3.24 Å². The van der Waals surface area contributed by atoms with Gasteiger partial charge in [0.2, 0.25) is 0 Å². The molecule has 3 saturated carbocycles. The third-order valence-corrected chi connectivity index (χ3v) is 15.0. The van der Waals surface area contributed by atoms with Crippen molar-refractivity contribution in [3.63, 3.8) is 0 Å². The van der Waals surface area contributed by atoms with Crippen LogP contribution in [0, 0.1) is 11.8 Å². The summed E-state index contributed by atoms with van der Waals surface area (Å²) in [5.41, 5.74) is 19.8. The van der Waals surface area contributed by atoms with E-state index >= 15 is 0 Å². The van der Waals surface area contributed by atoms with Gasteiger partial charge in [-0.3, -0.25) is 0 Å². The monoisotopic (exact) mass is 765 g/mol. The van der Waals surface area contributed by atoms with Gasteiger partial charge in [-0.05, 0) is 142 Å². The molecule has 0 heterocycles. The molecule has 0 spiro atoms. The maximum atomic E-state index is 2.62. The zero-order valence-electron chi connectivity index (χ0n) is 34.7. The summed E-state index contributed by atoms with van der Waals surface area (Å²) in [6.45, 7) is 4.89. The van der Waals surface area contributed by atoms with Crippen molar-refractivity contribution >= 4 is 17.1 Å². The van der Waals surface area contributed by atoms with E-state index < -0.39 is 0 Å². The molecule has 0 radical (unpaired) electrons. The molecule has 4 aliphatic carbocycles. The lowest BCUT2D eigenvalue weighted by Crippen LogP contribution is -2.18. The van der Waals surface area contributed by atoms with E-state index in [9.17, 15) is 0 Å². The summed E-state index contributed by atoms with van der Waals surface area (Å²) in [5.74, 6) is 3.07. The maximum Gasteiger partial charge on any atom is 0.0543 e. The Morgan fingerprint density at radius 2 is 1.12 bits per heavy atom. The SMILES string of the molecule is CC1(C)c2cc(N(c3ccc(C4CC5CCC4C5)cc3)c3ccccc3-c3ccccc3C3CCCCC3)c(-c3ccccc3)cc2-c2cccc(-c3ccccc3)c21. The Balaban J connectivity index is 1.14. The molecule has 7 aromatic carbocycles. The Hall–Kier alpha value is -5.66. The first-order valence-corrected chi connectivity index (χ1v) is 22.5. The van der Waals surface area contributed by atoms with Gasteiger partial charge in [0.05, 0.1) is 11.4 Å².